The number of piperazine rings is 1. The van der Waals surface area contributed by atoms with E-state index in [1.54, 1.807) is 19.0 Å². The summed E-state index contributed by atoms with van der Waals surface area (Å²) in [6, 6.07) is 0.408. The van der Waals surface area contributed by atoms with E-state index in [0.717, 1.165) is 71.2 Å². The van der Waals surface area contributed by atoms with E-state index >= 15 is 0 Å². The summed E-state index contributed by atoms with van der Waals surface area (Å²) in [5.74, 6) is 1.38. The van der Waals surface area contributed by atoms with Crippen LogP contribution in [0.15, 0.2) is 4.99 Å². The Labute approximate surface area is 190 Å². The highest BCUT2D eigenvalue weighted by molar-refractivity contribution is 14.0. The molecule has 3 fully saturated rings. The lowest BCUT2D eigenvalue weighted by molar-refractivity contribution is -0.127. The number of nitrogens with zero attached hydrogens (tertiary/aromatic N) is 4. The van der Waals surface area contributed by atoms with Crippen LogP contribution in [0.25, 0.3) is 0 Å². The smallest absolute Gasteiger partial charge is 0.243 e. The van der Waals surface area contributed by atoms with Gasteiger partial charge in [-0.15, -0.1) is 24.0 Å². The van der Waals surface area contributed by atoms with Gasteiger partial charge in [0.25, 0.3) is 0 Å². The van der Waals surface area contributed by atoms with Crippen molar-refractivity contribution in [3.05, 3.63) is 0 Å². The molecule has 0 aromatic heterocycles. The van der Waals surface area contributed by atoms with Crippen LogP contribution in [0.2, 0.25) is 0 Å². The topological polar surface area (TPSA) is 89.5 Å². The Morgan fingerprint density at radius 1 is 1.14 bits per heavy atom. The predicted molar refractivity (Wildman–Crippen MR) is 123 cm³/mol. The fraction of sp³-hybridized carbons (Fsp3) is 0.842. The van der Waals surface area contributed by atoms with Crippen molar-refractivity contribution in [1.82, 2.24) is 25.3 Å². The number of hydrogen-bond donors (Lipinski definition) is 2. The second-order valence-electron chi connectivity index (χ2n) is 8.14. The first-order valence-corrected chi connectivity index (χ1v) is 10.3. The maximum absolute atomic E-state index is 12.0. The van der Waals surface area contributed by atoms with Crippen LogP contribution in [0.4, 0.5) is 0 Å². The number of halogens is 1. The number of hydrogen-bond acceptors (Lipinski definition) is 5. The second kappa shape index (κ2) is 11.9. The van der Waals surface area contributed by atoms with Gasteiger partial charge in [-0.3, -0.25) is 14.5 Å². The van der Waals surface area contributed by atoms with Gasteiger partial charge < -0.3 is 25.2 Å². The van der Waals surface area contributed by atoms with E-state index in [1.165, 1.54) is 0 Å². The highest BCUT2D eigenvalue weighted by atomic mass is 127. The van der Waals surface area contributed by atoms with Crippen LogP contribution in [0, 0.1) is 5.92 Å². The summed E-state index contributed by atoms with van der Waals surface area (Å²) in [6.07, 6.45) is 3.28. The highest BCUT2D eigenvalue weighted by Crippen LogP contribution is 2.18. The lowest BCUT2D eigenvalue weighted by atomic mass is 10.1. The number of aliphatic imine (C=N–C) groups is 1. The minimum atomic E-state index is -0.0149. The van der Waals surface area contributed by atoms with E-state index in [4.69, 9.17) is 4.74 Å². The molecule has 2 heterocycles. The van der Waals surface area contributed by atoms with Crippen molar-refractivity contribution in [1.29, 1.82) is 0 Å². The Balaban J connectivity index is 0.00000300. The number of amides is 2. The number of carbonyl (C=O) groups excluding carboxylic acids is 2. The Kier molecular flexibility index (Phi) is 9.90. The summed E-state index contributed by atoms with van der Waals surface area (Å²) in [6.45, 7) is 6.21. The minimum Gasteiger partial charge on any atom is -0.381 e. The Morgan fingerprint density at radius 3 is 2.45 bits per heavy atom. The molecule has 1 atom stereocenters. The number of rotatable bonds is 7. The van der Waals surface area contributed by atoms with Gasteiger partial charge in [0.2, 0.25) is 11.8 Å². The molecule has 0 aromatic rings. The first-order chi connectivity index (χ1) is 13.5. The summed E-state index contributed by atoms with van der Waals surface area (Å²) in [4.78, 5) is 34.5. The first-order valence-electron chi connectivity index (χ1n) is 10.3. The van der Waals surface area contributed by atoms with E-state index in [9.17, 15) is 9.59 Å². The summed E-state index contributed by atoms with van der Waals surface area (Å²) >= 11 is 0. The van der Waals surface area contributed by atoms with Gasteiger partial charge in [-0.25, -0.2) is 4.99 Å². The van der Waals surface area contributed by atoms with Crippen LogP contribution in [-0.4, -0.2) is 112 Å². The van der Waals surface area contributed by atoms with Crippen molar-refractivity contribution in [2.45, 2.75) is 25.3 Å². The number of nitrogens with one attached hydrogen (secondary N) is 2. The summed E-state index contributed by atoms with van der Waals surface area (Å²) in [7, 11) is 3.48. The molecule has 2 aliphatic heterocycles. The van der Waals surface area contributed by atoms with Crippen molar-refractivity contribution in [2.75, 3.05) is 73.1 Å². The molecule has 1 aliphatic carbocycles. The van der Waals surface area contributed by atoms with Gasteiger partial charge in [-0.2, -0.15) is 0 Å². The third kappa shape index (κ3) is 8.25. The Bertz CT molecular complexity index is 570. The molecule has 0 aromatic carbocycles. The molecule has 0 bridgehead atoms. The molecule has 0 spiro atoms. The molecule has 166 valence electrons. The van der Waals surface area contributed by atoms with Crippen LogP contribution in [0.3, 0.4) is 0 Å². The zero-order valence-corrected chi connectivity index (χ0v) is 19.9. The molecule has 9 nitrogen and oxygen atoms in total. The Hall–Kier alpha value is -1.14. The summed E-state index contributed by atoms with van der Waals surface area (Å²) < 4.78 is 5.45. The van der Waals surface area contributed by atoms with Crippen LogP contribution < -0.4 is 10.6 Å². The monoisotopic (exact) mass is 522 g/mol. The van der Waals surface area contributed by atoms with Gasteiger partial charge in [0.1, 0.15) is 6.54 Å². The molecule has 3 rings (SSSR count). The van der Waals surface area contributed by atoms with Gasteiger partial charge >= 0.3 is 0 Å². The molecule has 10 heteroatoms. The molecule has 3 aliphatic rings. The molecule has 2 saturated heterocycles. The minimum absolute atomic E-state index is 0. The average Bonchev–Trinajstić information content (AvgIpc) is 3.32. The normalized spacial score (nSPS) is 22.8. The molecule has 1 unspecified atom stereocenters. The van der Waals surface area contributed by atoms with Crippen LogP contribution in [0.5, 0.6) is 0 Å². The van der Waals surface area contributed by atoms with Crippen molar-refractivity contribution in [3.63, 3.8) is 0 Å². The lowest BCUT2D eigenvalue weighted by Crippen LogP contribution is -2.54. The fourth-order valence-corrected chi connectivity index (χ4v) is 3.35. The molecule has 2 amide bonds. The standard InChI is InChI=1S/C19H34N6O3.HI/c1-23(2)18(27)12-21-19(20-11-15-5-10-28-14-15)25-8-6-24(7-9-25)13-17(26)22-16-3-4-16;/h15-16H,3-14H2,1-2H3,(H,20,21)(H,22,26);1H. The van der Waals surface area contributed by atoms with Crippen molar-refractivity contribution in [2.24, 2.45) is 10.9 Å². The molecular weight excluding hydrogens is 487 g/mol. The number of carbonyl (C=O) groups is 2. The average molecular weight is 522 g/mol. The zero-order chi connectivity index (χ0) is 19.9. The van der Waals surface area contributed by atoms with Gasteiger partial charge in [0.05, 0.1) is 13.2 Å². The van der Waals surface area contributed by atoms with Crippen LogP contribution >= 0.6 is 24.0 Å². The summed E-state index contributed by atoms with van der Waals surface area (Å²) in [5.41, 5.74) is 0. The Morgan fingerprint density at radius 2 is 1.86 bits per heavy atom. The maximum Gasteiger partial charge on any atom is 0.243 e. The van der Waals surface area contributed by atoms with E-state index < -0.39 is 0 Å². The number of likely N-dealkylation sites (N-methyl/N-ethyl adjacent to an activating group) is 1. The SMILES string of the molecule is CN(C)C(=O)CN=C(NCC1CCOC1)N1CCN(CC(=O)NC2CC2)CC1.I. The first kappa shape index (κ1) is 24.1. The van der Waals surface area contributed by atoms with Crippen molar-refractivity contribution < 1.29 is 14.3 Å². The van der Waals surface area contributed by atoms with Gasteiger partial charge in [-0.1, -0.05) is 0 Å². The number of ether oxygens (including phenoxy) is 1. The van der Waals surface area contributed by atoms with Crippen molar-refractivity contribution in [3.8, 4) is 0 Å². The van der Waals surface area contributed by atoms with Crippen LogP contribution in [-0.2, 0) is 14.3 Å². The number of guanidine groups is 1. The largest absolute Gasteiger partial charge is 0.381 e. The lowest BCUT2D eigenvalue weighted by Gasteiger charge is -2.36. The maximum atomic E-state index is 12.0. The summed E-state index contributed by atoms with van der Waals surface area (Å²) in [5, 5.41) is 6.49. The van der Waals surface area contributed by atoms with Gasteiger partial charge in [-0.05, 0) is 19.3 Å². The zero-order valence-electron chi connectivity index (χ0n) is 17.6. The van der Waals surface area contributed by atoms with E-state index in [0.29, 0.717) is 18.5 Å². The fourth-order valence-electron chi connectivity index (χ4n) is 3.35. The molecular formula is C19H35IN6O3. The van der Waals surface area contributed by atoms with Gasteiger partial charge in [0.15, 0.2) is 5.96 Å². The predicted octanol–water partition coefficient (Wildman–Crippen LogP) is -0.429. The van der Waals surface area contributed by atoms with Crippen LogP contribution in [0.1, 0.15) is 19.3 Å². The van der Waals surface area contributed by atoms with E-state index in [-0.39, 0.29) is 42.3 Å². The van der Waals surface area contributed by atoms with E-state index in [1.807, 2.05) is 0 Å². The molecule has 0 radical (unpaired) electrons. The van der Waals surface area contributed by atoms with Crippen molar-refractivity contribution >= 4 is 41.8 Å². The third-order valence-electron chi connectivity index (χ3n) is 5.42. The quantitative estimate of drug-likeness (QED) is 0.268. The van der Waals surface area contributed by atoms with Gasteiger partial charge in [0, 0.05) is 65.4 Å². The molecule has 1 saturated carbocycles. The molecule has 2 N–H and O–H groups in total. The highest BCUT2D eigenvalue weighted by Gasteiger charge is 2.26. The second-order valence-corrected chi connectivity index (χ2v) is 8.14. The van der Waals surface area contributed by atoms with E-state index in [2.05, 4.69) is 25.4 Å². The molecule has 29 heavy (non-hydrogen) atoms. The third-order valence-corrected chi connectivity index (χ3v) is 5.42.